The van der Waals surface area contributed by atoms with Gasteiger partial charge in [-0.05, 0) is 20.8 Å². The Balaban J connectivity index is 2.63. The van der Waals surface area contributed by atoms with Gasteiger partial charge in [-0.2, -0.15) is 0 Å². The summed E-state index contributed by atoms with van der Waals surface area (Å²) in [6.07, 6.45) is 2.80. The summed E-state index contributed by atoms with van der Waals surface area (Å²) >= 11 is 0. The van der Waals surface area contributed by atoms with Gasteiger partial charge in [0.25, 0.3) is 0 Å². The summed E-state index contributed by atoms with van der Waals surface area (Å²) in [6, 6.07) is 0. The molecule has 0 radical (unpaired) electrons. The highest BCUT2D eigenvalue weighted by Gasteiger charge is 2.21. The van der Waals surface area contributed by atoms with Crippen LogP contribution in [0.15, 0.2) is 12.4 Å². The Bertz CT molecular complexity index is 300. The molecule has 0 saturated carbocycles. The second-order valence-corrected chi connectivity index (χ2v) is 3.95. The highest BCUT2D eigenvalue weighted by Crippen LogP contribution is 2.12. The summed E-state index contributed by atoms with van der Waals surface area (Å²) in [6.45, 7) is 5.46. The number of aromatic amines is 1. The molecule has 1 N–H and O–H groups in total. The summed E-state index contributed by atoms with van der Waals surface area (Å²) in [7, 11) is 1.60. The van der Waals surface area contributed by atoms with Crippen molar-refractivity contribution in [2.75, 3.05) is 11.9 Å². The quantitative estimate of drug-likeness (QED) is 0.746. The molecule has 1 aromatic rings. The van der Waals surface area contributed by atoms with Crippen LogP contribution in [0.1, 0.15) is 20.8 Å². The van der Waals surface area contributed by atoms with Gasteiger partial charge in [-0.25, -0.2) is 9.78 Å². The van der Waals surface area contributed by atoms with Crippen molar-refractivity contribution in [2.45, 2.75) is 26.4 Å². The van der Waals surface area contributed by atoms with Crippen LogP contribution in [0.2, 0.25) is 0 Å². The van der Waals surface area contributed by atoms with Crippen LogP contribution in [-0.4, -0.2) is 28.7 Å². The van der Waals surface area contributed by atoms with E-state index >= 15 is 0 Å². The van der Waals surface area contributed by atoms with Gasteiger partial charge in [-0.1, -0.05) is 0 Å². The Morgan fingerprint density at radius 2 is 2.21 bits per heavy atom. The van der Waals surface area contributed by atoms with Crippen molar-refractivity contribution >= 4 is 12.0 Å². The molecule has 5 heteroatoms. The molecule has 0 spiro atoms. The molecular weight excluding hydrogens is 182 g/mol. The minimum Gasteiger partial charge on any atom is -0.443 e. The average molecular weight is 197 g/mol. The molecule has 14 heavy (non-hydrogen) atoms. The third-order valence-electron chi connectivity index (χ3n) is 1.47. The molecule has 0 saturated heterocycles. The third kappa shape index (κ3) is 2.76. The number of carbonyl (C=O) groups is 1. The molecule has 0 unspecified atom stereocenters. The number of imidazole rings is 1. The monoisotopic (exact) mass is 197 g/mol. The lowest BCUT2D eigenvalue weighted by molar-refractivity contribution is 0.0587. The predicted octanol–water partition coefficient (Wildman–Crippen LogP) is 1.78. The van der Waals surface area contributed by atoms with Crippen LogP contribution in [0.25, 0.3) is 0 Å². The fourth-order valence-electron chi connectivity index (χ4n) is 0.857. The molecule has 0 aromatic carbocycles. The molecule has 0 fully saturated rings. The van der Waals surface area contributed by atoms with E-state index in [4.69, 9.17) is 4.74 Å². The molecule has 0 atom stereocenters. The Kier molecular flexibility index (Phi) is 2.78. The number of aromatic nitrogens is 2. The van der Waals surface area contributed by atoms with Crippen LogP contribution in [0.3, 0.4) is 0 Å². The van der Waals surface area contributed by atoms with E-state index in [-0.39, 0.29) is 0 Å². The molecule has 1 heterocycles. The fourth-order valence-corrected chi connectivity index (χ4v) is 0.857. The van der Waals surface area contributed by atoms with Gasteiger partial charge in [0.15, 0.2) is 0 Å². The van der Waals surface area contributed by atoms with E-state index in [1.807, 2.05) is 20.8 Å². The van der Waals surface area contributed by atoms with Crippen molar-refractivity contribution in [3.63, 3.8) is 0 Å². The van der Waals surface area contributed by atoms with E-state index in [0.29, 0.717) is 5.95 Å². The summed E-state index contributed by atoms with van der Waals surface area (Å²) in [4.78, 5) is 19.6. The molecule has 1 amide bonds. The highest BCUT2D eigenvalue weighted by molar-refractivity contribution is 5.84. The van der Waals surface area contributed by atoms with E-state index in [1.165, 1.54) is 4.90 Å². The third-order valence-corrected chi connectivity index (χ3v) is 1.47. The Labute approximate surface area is 83.1 Å². The lowest BCUT2D eigenvalue weighted by atomic mass is 10.2. The number of hydrogen-bond donors (Lipinski definition) is 1. The molecule has 0 aliphatic heterocycles. The van der Waals surface area contributed by atoms with E-state index in [2.05, 4.69) is 9.97 Å². The maximum absolute atomic E-state index is 11.5. The number of rotatable bonds is 1. The molecule has 78 valence electrons. The number of nitrogens with zero attached hydrogens (tertiary/aromatic N) is 2. The van der Waals surface area contributed by atoms with Crippen molar-refractivity contribution in [2.24, 2.45) is 0 Å². The zero-order chi connectivity index (χ0) is 10.8. The van der Waals surface area contributed by atoms with Gasteiger partial charge in [0.05, 0.1) is 0 Å². The predicted molar refractivity (Wildman–Crippen MR) is 53.2 cm³/mol. The SMILES string of the molecule is CN(C(=O)OC(C)(C)C)c1ncc[nH]1. The molecule has 5 nitrogen and oxygen atoms in total. The minimum atomic E-state index is -0.488. The second kappa shape index (κ2) is 3.69. The lowest BCUT2D eigenvalue weighted by Crippen LogP contribution is -2.34. The smallest absolute Gasteiger partial charge is 0.416 e. The topological polar surface area (TPSA) is 58.2 Å². The first-order valence-electron chi connectivity index (χ1n) is 4.36. The molecule has 0 aliphatic carbocycles. The molecule has 0 bridgehead atoms. The summed E-state index contributed by atoms with van der Waals surface area (Å²) in [5, 5.41) is 0. The normalized spacial score (nSPS) is 11.1. The Morgan fingerprint density at radius 3 is 2.64 bits per heavy atom. The summed E-state index contributed by atoms with van der Waals surface area (Å²) in [5.41, 5.74) is -0.488. The maximum atomic E-state index is 11.5. The zero-order valence-corrected chi connectivity index (χ0v) is 8.87. The van der Waals surface area contributed by atoms with E-state index in [0.717, 1.165) is 0 Å². The molecular formula is C9H15N3O2. The van der Waals surface area contributed by atoms with E-state index in [1.54, 1.807) is 19.4 Å². The lowest BCUT2D eigenvalue weighted by Gasteiger charge is -2.23. The van der Waals surface area contributed by atoms with Crippen molar-refractivity contribution in [1.82, 2.24) is 9.97 Å². The van der Waals surface area contributed by atoms with Gasteiger partial charge in [-0.15, -0.1) is 0 Å². The Morgan fingerprint density at radius 1 is 1.57 bits per heavy atom. The zero-order valence-electron chi connectivity index (χ0n) is 8.87. The first kappa shape index (κ1) is 10.6. The van der Waals surface area contributed by atoms with Gasteiger partial charge in [0, 0.05) is 19.4 Å². The standard InChI is InChI=1S/C9H15N3O2/c1-9(2,3)14-8(13)12(4)7-10-5-6-11-7/h5-6H,1-4H3,(H,10,11). The number of carbonyl (C=O) groups excluding carboxylic acids is 1. The van der Waals surface area contributed by atoms with Crippen molar-refractivity contribution in [3.8, 4) is 0 Å². The number of ether oxygens (including phenoxy) is 1. The van der Waals surface area contributed by atoms with Gasteiger partial charge in [0.2, 0.25) is 5.95 Å². The first-order chi connectivity index (χ1) is 6.40. The number of anilines is 1. The van der Waals surface area contributed by atoms with Crippen molar-refractivity contribution in [3.05, 3.63) is 12.4 Å². The van der Waals surface area contributed by atoms with E-state index < -0.39 is 11.7 Å². The number of nitrogens with one attached hydrogen (secondary N) is 1. The van der Waals surface area contributed by atoms with Gasteiger partial charge in [0.1, 0.15) is 5.60 Å². The van der Waals surface area contributed by atoms with Crippen molar-refractivity contribution < 1.29 is 9.53 Å². The Hall–Kier alpha value is -1.52. The molecule has 0 aliphatic rings. The summed E-state index contributed by atoms with van der Waals surface area (Å²) in [5.74, 6) is 0.472. The van der Waals surface area contributed by atoms with Crippen LogP contribution in [-0.2, 0) is 4.74 Å². The molecule has 1 rings (SSSR count). The van der Waals surface area contributed by atoms with Crippen LogP contribution in [0.5, 0.6) is 0 Å². The number of hydrogen-bond acceptors (Lipinski definition) is 3. The fraction of sp³-hybridized carbons (Fsp3) is 0.556. The number of amides is 1. The van der Waals surface area contributed by atoms with Crippen LogP contribution in [0, 0.1) is 0 Å². The van der Waals surface area contributed by atoms with Crippen molar-refractivity contribution in [1.29, 1.82) is 0 Å². The van der Waals surface area contributed by atoms with Gasteiger partial charge in [-0.3, -0.25) is 4.90 Å². The second-order valence-electron chi connectivity index (χ2n) is 3.95. The first-order valence-corrected chi connectivity index (χ1v) is 4.36. The van der Waals surface area contributed by atoms with Crippen LogP contribution >= 0.6 is 0 Å². The average Bonchev–Trinajstić information content (AvgIpc) is 2.51. The minimum absolute atomic E-state index is 0.424. The highest BCUT2D eigenvalue weighted by atomic mass is 16.6. The number of H-pyrrole nitrogens is 1. The van der Waals surface area contributed by atoms with Crippen LogP contribution in [0.4, 0.5) is 10.7 Å². The summed E-state index contributed by atoms with van der Waals surface area (Å²) < 4.78 is 5.15. The van der Waals surface area contributed by atoms with Gasteiger partial charge >= 0.3 is 6.09 Å². The molecule has 1 aromatic heterocycles. The maximum Gasteiger partial charge on any atom is 0.416 e. The van der Waals surface area contributed by atoms with Gasteiger partial charge < -0.3 is 9.72 Å². The van der Waals surface area contributed by atoms with E-state index in [9.17, 15) is 4.79 Å². The van der Waals surface area contributed by atoms with Crippen LogP contribution < -0.4 is 4.90 Å². The largest absolute Gasteiger partial charge is 0.443 e.